The Balaban J connectivity index is 1.46. The van der Waals surface area contributed by atoms with Crippen LogP contribution in [0.15, 0.2) is 73.8 Å². The zero-order chi connectivity index (χ0) is 29.0. The molecule has 1 fully saturated rings. The lowest BCUT2D eigenvalue weighted by Crippen LogP contribution is -2.36. The first-order chi connectivity index (χ1) is 19.2. The quantitative estimate of drug-likeness (QED) is 0.134. The van der Waals surface area contributed by atoms with E-state index in [2.05, 4.69) is 58.2 Å². The van der Waals surface area contributed by atoms with Gasteiger partial charge in [0.25, 0.3) is 0 Å². The average Bonchev–Trinajstić information content (AvgIpc) is 2.97. The molecule has 1 aliphatic rings. The van der Waals surface area contributed by atoms with Crippen LogP contribution in [0.3, 0.4) is 0 Å². The highest BCUT2D eigenvalue weighted by molar-refractivity contribution is 5.81. The molecular weight excluding hydrogens is 504 g/mol. The van der Waals surface area contributed by atoms with Gasteiger partial charge in [-0.3, -0.25) is 0 Å². The van der Waals surface area contributed by atoms with Gasteiger partial charge in [-0.05, 0) is 77.8 Å². The number of ether oxygens (including phenoxy) is 4. The third-order valence-electron chi connectivity index (χ3n) is 8.20. The van der Waals surface area contributed by atoms with E-state index in [-0.39, 0.29) is 10.8 Å². The van der Waals surface area contributed by atoms with Crippen LogP contribution in [0.25, 0.3) is 0 Å². The summed E-state index contributed by atoms with van der Waals surface area (Å²) in [7, 11) is 0. The van der Waals surface area contributed by atoms with Crippen LogP contribution in [0.5, 0.6) is 11.5 Å². The molecule has 3 rings (SSSR count). The topological polar surface area (TPSA) is 71.1 Å². The van der Waals surface area contributed by atoms with Crippen LogP contribution in [0.1, 0.15) is 70.4 Å². The van der Waals surface area contributed by atoms with Crippen LogP contribution < -0.4 is 9.47 Å². The van der Waals surface area contributed by atoms with Gasteiger partial charge in [0, 0.05) is 25.0 Å². The Bertz CT molecular complexity index is 1110. The van der Waals surface area contributed by atoms with Crippen molar-refractivity contribution in [1.82, 2.24) is 0 Å². The molecule has 6 heteroatoms. The fourth-order valence-corrected chi connectivity index (χ4v) is 5.40. The van der Waals surface area contributed by atoms with E-state index in [1.54, 1.807) is 0 Å². The Morgan fingerprint density at radius 3 is 1.70 bits per heavy atom. The Morgan fingerprint density at radius 1 is 0.800 bits per heavy atom. The molecule has 0 unspecified atom stereocenters. The van der Waals surface area contributed by atoms with Gasteiger partial charge in [-0.1, -0.05) is 58.2 Å². The summed E-state index contributed by atoms with van der Waals surface area (Å²) in [5, 5.41) is 0. The van der Waals surface area contributed by atoms with Crippen molar-refractivity contribution in [2.24, 2.45) is 5.92 Å². The second-order valence-corrected chi connectivity index (χ2v) is 11.3. The molecule has 0 aliphatic heterocycles. The molecular formula is C34H44O6. The number of hydrogen-bond donors (Lipinski definition) is 0. The molecule has 0 amide bonds. The number of esters is 2. The summed E-state index contributed by atoms with van der Waals surface area (Å²) in [6.07, 6.45) is 8.25. The van der Waals surface area contributed by atoms with Gasteiger partial charge in [-0.2, -0.15) is 0 Å². The molecule has 216 valence electrons. The van der Waals surface area contributed by atoms with Gasteiger partial charge in [-0.15, -0.1) is 0 Å². The summed E-state index contributed by atoms with van der Waals surface area (Å²) in [5.41, 5.74) is 2.91. The molecule has 0 aromatic heterocycles. The van der Waals surface area contributed by atoms with Gasteiger partial charge in [0.1, 0.15) is 11.5 Å². The van der Waals surface area contributed by atoms with Crippen molar-refractivity contribution in [2.75, 3.05) is 26.4 Å². The third-order valence-corrected chi connectivity index (χ3v) is 8.20. The summed E-state index contributed by atoms with van der Waals surface area (Å²) in [6, 6.07) is 16.9. The van der Waals surface area contributed by atoms with Crippen LogP contribution >= 0.6 is 0 Å². The van der Waals surface area contributed by atoms with Crippen LogP contribution in [-0.2, 0) is 29.9 Å². The molecule has 1 saturated carbocycles. The van der Waals surface area contributed by atoms with Crippen molar-refractivity contribution >= 4 is 11.9 Å². The lowest BCUT2D eigenvalue weighted by atomic mass is 9.60. The summed E-state index contributed by atoms with van der Waals surface area (Å²) in [4.78, 5) is 22.2. The summed E-state index contributed by atoms with van der Waals surface area (Å²) in [6.45, 7) is 15.5. The molecule has 0 bridgehead atoms. The first-order valence-electron chi connectivity index (χ1n) is 14.2. The number of benzene rings is 2. The van der Waals surface area contributed by atoms with Crippen molar-refractivity contribution in [1.29, 1.82) is 0 Å². The standard InChI is InChI=1S/C34H44O6/c1-6-31(35)39-24-8-22-37-29-14-10-26(11-15-29)33(3,4)27-18-20-34(5,21-19-27)28-12-16-30(17-13-28)38-23-9-25-40-32(36)7-2/h6-7,10-17,27H,1-2,8-9,18-25H2,3-5H3. The largest absolute Gasteiger partial charge is 0.493 e. The normalized spacial score (nSPS) is 18.8. The Hall–Kier alpha value is -3.54. The molecule has 0 N–H and O–H groups in total. The van der Waals surface area contributed by atoms with Gasteiger partial charge in [0.05, 0.1) is 26.4 Å². The maximum atomic E-state index is 11.1. The molecule has 1 aliphatic carbocycles. The second kappa shape index (κ2) is 14.7. The first kappa shape index (κ1) is 31.0. The van der Waals surface area contributed by atoms with Crippen molar-refractivity contribution in [3.8, 4) is 11.5 Å². The van der Waals surface area contributed by atoms with E-state index in [1.165, 1.54) is 36.1 Å². The minimum Gasteiger partial charge on any atom is -0.493 e. The average molecular weight is 549 g/mol. The molecule has 0 spiro atoms. The van der Waals surface area contributed by atoms with E-state index in [4.69, 9.17) is 18.9 Å². The van der Waals surface area contributed by atoms with Crippen molar-refractivity contribution < 1.29 is 28.5 Å². The minimum atomic E-state index is -0.406. The molecule has 0 saturated heterocycles. The van der Waals surface area contributed by atoms with Crippen molar-refractivity contribution in [3.63, 3.8) is 0 Å². The molecule has 0 radical (unpaired) electrons. The van der Waals surface area contributed by atoms with Gasteiger partial charge in [0.15, 0.2) is 0 Å². The van der Waals surface area contributed by atoms with Crippen LogP contribution in [-0.4, -0.2) is 38.4 Å². The molecule has 2 aromatic carbocycles. The molecule has 0 heterocycles. The summed E-state index contributed by atoms with van der Waals surface area (Å²) in [5.74, 6) is 1.45. The lowest BCUT2D eigenvalue weighted by molar-refractivity contribution is -0.138. The third kappa shape index (κ3) is 8.73. The van der Waals surface area contributed by atoms with Gasteiger partial charge in [0.2, 0.25) is 0 Å². The number of rotatable bonds is 15. The highest BCUT2D eigenvalue weighted by atomic mass is 16.5. The van der Waals surface area contributed by atoms with E-state index in [0.717, 1.165) is 24.3 Å². The predicted molar refractivity (Wildman–Crippen MR) is 158 cm³/mol. The molecule has 0 atom stereocenters. The fourth-order valence-electron chi connectivity index (χ4n) is 5.40. The number of carbonyl (C=O) groups excluding carboxylic acids is 2. The maximum absolute atomic E-state index is 11.1. The van der Waals surface area contributed by atoms with Gasteiger partial charge < -0.3 is 18.9 Å². The Labute approximate surface area is 239 Å². The highest BCUT2D eigenvalue weighted by Crippen LogP contribution is 2.48. The van der Waals surface area contributed by atoms with E-state index in [9.17, 15) is 9.59 Å². The summed E-state index contributed by atoms with van der Waals surface area (Å²) >= 11 is 0. The fraction of sp³-hybridized carbons (Fsp3) is 0.471. The lowest BCUT2D eigenvalue weighted by Gasteiger charge is -2.44. The van der Waals surface area contributed by atoms with Gasteiger partial charge >= 0.3 is 11.9 Å². The number of carbonyl (C=O) groups is 2. The minimum absolute atomic E-state index is 0.0659. The maximum Gasteiger partial charge on any atom is 0.330 e. The number of hydrogen-bond acceptors (Lipinski definition) is 6. The van der Waals surface area contributed by atoms with Crippen LogP contribution in [0.4, 0.5) is 0 Å². The zero-order valence-corrected chi connectivity index (χ0v) is 24.3. The van der Waals surface area contributed by atoms with Gasteiger partial charge in [-0.25, -0.2) is 9.59 Å². The SMILES string of the molecule is C=CC(=O)OCCCOc1ccc(C2(C)CCC(C(C)(C)c3ccc(OCCCOC(=O)C=C)cc3)CC2)cc1. The van der Waals surface area contributed by atoms with Crippen LogP contribution in [0, 0.1) is 5.92 Å². The molecule has 6 nitrogen and oxygen atoms in total. The van der Waals surface area contributed by atoms with E-state index >= 15 is 0 Å². The molecule has 2 aromatic rings. The molecule has 40 heavy (non-hydrogen) atoms. The smallest absolute Gasteiger partial charge is 0.330 e. The van der Waals surface area contributed by atoms with E-state index in [1.807, 2.05) is 24.3 Å². The Morgan fingerprint density at radius 2 is 1.25 bits per heavy atom. The monoisotopic (exact) mass is 548 g/mol. The predicted octanol–water partition coefficient (Wildman–Crippen LogP) is 7.11. The van der Waals surface area contributed by atoms with Crippen LogP contribution in [0.2, 0.25) is 0 Å². The zero-order valence-electron chi connectivity index (χ0n) is 24.3. The Kier molecular flexibility index (Phi) is 11.4. The second-order valence-electron chi connectivity index (χ2n) is 11.3. The van der Waals surface area contributed by atoms with Crippen molar-refractivity contribution in [3.05, 3.63) is 85.0 Å². The van der Waals surface area contributed by atoms with Crippen molar-refractivity contribution in [2.45, 2.75) is 70.1 Å². The highest BCUT2D eigenvalue weighted by Gasteiger charge is 2.39. The first-order valence-corrected chi connectivity index (χ1v) is 14.2. The van der Waals surface area contributed by atoms with E-state index < -0.39 is 11.9 Å². The summed E-state index contributed by atoms with van der Waals surface area (Å²) < 4.78 is 21.6. The van der Waals surface area contributed by atoms with E-state index in [0.29, 0.717) is 45.2 Å².